The van der Waals surface area contributed by atoms with Crippen LogP contribution in [0.2, 0.25) is 0 Å². The molecule has 0 amide bonds. The third-order valence-electron chi connectivity index (χ3n) is 14.7. The average molecular weight is 619 g/mol. The van der Waals surface area contributed by atoms with E-state index in [-0.39, 0.29) is 56.6 Å². The first-order valence-corrected chi connectivity index (χ1v) is 17.2. The molecule has 1 aromatic rings. The Hall–Kier alpha value is -2.76. The summed E-state index contributed by atoms with van der Waals surface area (Å²) in [5.74, 6) is -0.379. The zero-order valence-electron chi connectivity index (χ0n) is 28.4. The van der Waals surface area contributed by atoms with E-state index in [4.69, 9.17) is 4.74 Å². The average Bonchev–Trinajstić information content (AvgIpc) is 2.95. The van der Waals surface area contributed by atoms with Gasteiger partial charge in [-0.25, -0.2) is 4.79 Å². The fraction of sp³-hybridized carbons (Fsp3) is 0.692. The summed E-state index contributed by atoms with van der Waals surface area (Å²) in [6.45, 7) is 16.8. The highest BCUT2D eigenvalue weighted by Gasteiger charge is 2.69. The summed E-state index contributed by atoms with van der Waals surface area (Å²) < 4.78 is 6.15. The van der Waals surface area contributed by atoms with E-state index in [9.17, 15) is 24.9 Å². The maximum absolute atomic E-state index is 13.0. The van der Waals surface area contributed by atoms with Crippen molar-refractivity contribution in [3.8, 4) is 11.5 Å². The zero-order valence-corrected chi connectivity index (χ0v) is 28.4. The van der Waals surface area contributed by atoms with Crippen molar-refractivity contribution in [2.45, 2.75) is 119 Å². The SMILES string of the molecule is CC1(C)CC[C@]2(C(=O)O)CC[C@]3(C)C(=CC[C@H]4[C@@]5(C)CC[C@H](OC(=O)/C=C/c6ccc(O)c(O)c6)C(C)(C)[C@@H]5CC[C@]43C)[C@H]2C1. The number of phenolic OH excluding ortho intramolecular Hbond substituents is 2. The van der Waals surface area contributed by atoms with Gasteiger partial charge >= 0.3 is 11.9 Å². The number of carbonyl (C=O) groups is 2. The second-order valence-electron chi connectivity index (χ2n) is 17.5. The topological polar surface area (TPSA) is 104 Å². The van der Waals surface area contributed by atoms with Gasteiger partial charge in [-0.1, -0.05) is 66.2 Å². The molecule has 0 aliphatic heterocycles. The van der Waals surface area contributed by atoms with Gasteiger partial charge in [0.15, 0.2) is 11.5 Å². The number of ether oxygens (including phenoxy) is 1. The van der Waals surface area contributed by atoms with Crippen LogP contribution in [0.5, 0.6) is 11.5 Å². The Labute approximate surface area is 269 Å². The number of esters is 1. The second-order valence-corrected chi connectivity index (χ2v) is 17.5. The number of carbonyl (C=O) groups excluding carboxylic acids is 1. The lowest BCUT2D eigenvalue weighted by molar-refractivity contribution is -0.212. The summed E-state index contributed by atoms with van der Waals surface area (Å²) in [6, 6.07) is 4.46. The standard InChI is InChI=1S/C39H54O6/c1-34(2)18-20-39(33(43)44)21-19-37(6)25(26(39)23-34)10-12-30-36(5)16-15-31(35(3,4)29(36)14-17-38(30,37)7)45-32(42)13-9-24-8-11-27(40)28(41)22-24/h8-11,13,22,26,29-31,40-41H,12,14-21,23H2,1-7H3,(H,43,44)/b13-9+/t26-,29+,30+,31+,36+,37-,38-,39+/m1/s1. The van der Waals surface area contributed by atoms with Crippen molar-refractivity contribution in [1.29, 1.82) is 0 Å². The molecule has 5 aliphatic carbocycles. The number of aromatic hydroxyl groups is 2. The minimum Gasteiger partial charge on any atom is -0.504 e. The van der Waals surface area contributed by atoms with Crippen LogP contribution >= 0.6 is 0 Å². The predicted molar refractivity (Wildman–Crippen MR) is 175 cm³/mol. The molecule has 3 N–H and O–H groups in total. The molecule has 4 saturated carbocycles. The van der Waals surface area contributed by atoms with Gasteiger partial charge in [0.25, 0.3) is 0 Å². The highest BCUT2D eigenvalue weighted by molar-refractivity contribution is 5.87. The Kier molecular flexibility index (Phi) is 7.42. The number of phenols is 2. The fourth-order valence-corrected chi connectivity index (χ4v) is 11.8. The Balaban J connectivity index is 1.25. The summed E-state index contributed by atoms with van der Waals surface area (Å²) in [5.41, 5.74) is 1.59. The molecule has 0 bridgehead atoms. The molecule has 0 aromatic heterocycles. The molecule has 6 rings (SSSR count). The van der Waals surface area contributed by atoms with Crippen LogP contribution in [0.1, 0.15) is 118 Å². The summed E-state index contributed by atoms with van der Waals surface area (Å²) in [6.07, 6.45) is 14.8. The third-order valence-corrected chi connectivity index (χ3v) is 14.7. The van der Waals surface area contributed by atoms with Crippen molar-refractivity contribution in [3.05, 3.63) is 41.5 Å². The molecule has 0 unspecified atom stereocenters. The lowest BCUT2D eigenvalue weighted by atomic mass is 9.33. The van der Waals surface area contributed by atoms with Gasteiger partial charge in [0.05, 0.1) is 5.41 Å². The lowest BCUT2D eigenvalue weighted by Gasteiger charge is -2.71. The van der Waals surface area contributed by atoms with E-state index in [1.807, 2.05) is 0 Å². The number of benzene rings is 1. The van der Waals surface area contributed by atoms with Crippen molar-refractivity contribution in [2.24, 2.45) is 50.2 Å². The molecule has 4 fully saturated rings. The normalized spacial score (nSPS) is 41.5. The van der Waals surface area contributed by atoms with Crippen molar-refractivity contribution < 1.29 is 29.6 Å². The van der Waals surface area contributed by atoms with Gasteiger partial charge < -0.3 is 20.1 Å². The fourth-order valence-electron chi connectivity index (χ4n) is 11.8. The Morgan fingerprint density at radius 3 is 2.27 bits per heavy atom. The van der Waals surface area contributed by atoms with E-state index in [1.54, 1.807) is 12.1 Å². The molecule has 1 aromatic carbocycles. The van der Waals surface area contributed by atoms with E-state index in [0.29, 0.717) is 17.4 Å². The molecule has 0 radical (unpaired) electrons. The number of carboxylic acid groups (broad SMARTS) is 1. The van der Waals surface area contributed by atoms with Crippen molar-refractivity contribution in [2.75, 3.05) is 0 Å². The van der Waals surface area contributed by atoms with Crippen LogP contribution < -0.4 is 0 Å². The highest BCUT2D eigenvalue weighted by atomic mass is 16.5. The number of carboxylic acids is 1. The monoisotopic (exact) mass is 618 g/mol. The first kappa shape index (κ1) is 32.2. The first-order chi connectivity index (χ1) is 20.9. The first-order valence-electron chi connectivity index (χ1n) is 17.2. The maximum Gasteiger partial charge on any atom is 0.331 e. The van der Waals surface area contributed by atoms with Crippen LogP contribution in [0.25, 0.3) is 6.08 Å². The molecule has 0 heterocycles. The third kappa shape index (κ3) is 4.70. The van der Waals surface area contributed by atoms with Gasteiger partial charge in [0, 0.05) is 11.5 Å². The van der Waals surface area contributed by atoms with Crippen LogP contribution in [0.15, 0.2) is 35.9 Å². The van der Waals surface area contributed by atoms with Gasteiger partial charge in [-0.15, -0.1) is 0 Å². The highest BCUT2D eigenvalue weighted by Crippen LogP contribution is 2.75. The second kappa shape index (κ2) is 10.4. The quantitative estimate of drug-likeness (QED) is 0.135. The number of aliphatic carboxylic acids is 1. The van der Waals surface area contributed by atoms with Crippen LogP contribution in [0.3, 0.4) is 0 Å². The predicted octanol–water partition coefficient (Wildman–Crippen LogP) is 8.91. The van der Waals surface area contributed by atoms with Crippen LogP contribution in [0.4, 0.5) is 0 Å². The Bertz CT molecular complexity index is 1450. The summed E-state index contributed by atoms with van der Waals surface area (Å²) in [7, 11) is 0. The van der Waals surface area contributed by atoms with E-state index in [0.717, 1.165) is 64.2 Å². The summed E-state index contributed by atoms with van der Waals surface area (Å²) in [4.78, 5) is 25.9. The number of hydrogen-bond donors (Lipinski definition) is 3. The zero-order chi connectivity index (χ0) is 32.8. The van der Waals surface area contributed by atoms with Crippen molar-refractivity contribution in [3.63, 3.8) is 0 Å². The molecular weight excluding hydrogens is 564 g/mol. The van der Waals surface area contributed by atoms with Crippen LogP contribution in [0, 0.1) is 50.2 Å². The molecular formula is C39H54O6. The van der Waals surface area contributed by atoms with Gasteiger partial charge in [-0.2, -0.15) is 0 Å². The summed E-state index contributed by atoms with van der Waals surface area (Å²) in [5, 5.41) is 30.0. The lowest BCUT2D eigenvalue weighted by Crippen LogP contribution is -2.65. The van der Waals surface area contributed by atoms with E-state index in [2.05, 4.69) is 54.5 Å². The van der Waals surface area contributed by atoms with E-state index in [1.165, 1.54) is 23.8 Å². The smallest absolute Gasteiger partial charge is 0.331 e. The number of hydrogen-bond acceptors (Lipinski definition) is 5. The van der Waals surface area contributed by atoms with Crippen LogP contribution in [-0.2, 0) is 14.3 Å². The van der Waals surface area contributed by atoms with Gasteiger partial charge in [0.2, 0.25) is 0 Å². The molecule has 45 heavy (non-hydrogen) atoms. The number of rotatable bonds is 4. The van der Waals surface area contributed by atoms with Gasteiger partial charge in [-0.3, -0.25) is 4.79 Å². The van der Waals surface area contributed by atoms with Gasteiger partial charge in [-0.05, 0) is 127 Å². The Morgan fingerprint density at radius 1 is 0.867 bits per heavy atom. The maximum atomic E-state index is 13.0. The molecule has 0 saturated heterocycles. The van der Waals surface area contributed by atoms with E-state index < -0.39 is 11.4 Å². The summed E-state index contributed by atoms with van der Waals surface area (Å²) >= 11 is 0. The number of fused-ring (bicyclic) bond motifs is 7. The molecule has 8 atom stereocenters. The van der Waals surface area contributed by atoms with Crippen molar-refractivity contribution in [1.82, 2.24) is 0 Å². The van der Waals surface area contributed by atoms with Crippen LogP contribution in [-0.4, -0.2) is 33.4 Å². The largest absolute Gasteiger partial charge is 0.504 e. The molecule has 5 aliphatic rings. The van der Waals surface area contributed by atoms with Crippen molar-refractivity contribution >= 4 is 18.0 Å². The molecule has 6 heteroatoms. The van der Waals surface area contributed by atoms with Gasteiger partial charge in [0.1, 0.15) is 6.10 Å². The molecule has 6 nitrogen and oxygen atoms in total. The Morgan fingerprint density at radius 2 is 1.58 bits per heavy atom. The minimum absolute atomic E-state index is 0.0121. The number of allylic oxidation sites excluding steroid dienone is 2. The molecule has 246 valence electrons. The molecule has 0 spiro atoms. The van der Waals surface area contributed by atoms with E-state index >= 15 is 0 Å². The minimum atomic E-state index is -0.619.